The quantitative estimate of drug-likeness (QED) is 0.572. The largest absolute Gasteiger partial charge is 0.379 e. The zero-order valence-electron chi connectivity index (χ0n) is 14.7. The van der Waals surface area contributed by atoms with E-state index >= 15 is 0 Å². The van der Waals surface area contributed by atoms with Crippen molar-refractivity contribution >= 4 is 15.7 Å². The fourth-order valence-electron chi connectivity index (χ4n) is 3.12. The lowest BCUT2D eigenvalue weighted by Gasteiger charge is -2.34. The van der Waals surface area contributed by atoms with Crippen molar-refractivity contribution in [1.29, 1.82) is 0 Å². The van der Waals surface area contributed by atoms with E-state index in [9.17, 15) is 18.5 Å². The van der Waals surface area contributed by atoms with Gasteiger partial charge < -0.3 is 4.74 Å². The number of para-hydroxylation sites is 1. The maximum absolute atomic E-state index is 12.7. The molecule has 3 rings (SSSR count). The van der Waals surface area contributed by atoms with Gasteiger partial charge >= 0.3 is 0 Å². The summed E-state index contributed by atoms with van der Waals surface area (Å²) in [6, 6.07) is 14.7. The molecule has 0 radical (unpaired) electrons. The Hall–Kier alpha value is -2.33. The number of nitro groups is 1. The van der Waals surface area contributed by atoms with E-state index in [-0.39, 0.29) is 17.5 Å². The normalized spacial score (nSPS) is 16.7. The van der Waals surface area contributed by atoms with Crippen molar-refractivity contribution in [3.05, 3.63) is 70.3 Å². The molecular weight excluding hydrogens is 370 g/mol. The number of sulfonamides is 1. The van der Waals surface area contributed by atoms with Crippen LogP contribution in [0, 0.1) is 10.1 Å². The molecule has 0 spiro atoms. The lowest BCUT2D eigenvalue weighted by atomic mass is 10.1. The Balaban J connectivity index is 1.83. The molecule has 144 valence electrons. The van der Waals surface area contributed by atoms with Crippen LogP contribution in [0.5, 0.6) is 0 Å². The highest BCUT2D eigenvalue weighted by Crippen LogP contribution is 2.25. The topological polar surface area (TPSA) is 102 Å². The van der Waals surface area contributed by atoms with Gasteiger partial charge in [0.05, 0.1) is 18.1 Å². The minimum Gasteiger partial charge on any atom is -0.379 e. The van der Waals surface area contributed by atoms with Crippen LogP contribution in [0.2, 0.25) is 0 Å². The second kappa shape index (κ2) is 8.57. The first kappa shape index (κ1) is 19.4. The summed E-state index contributed by atoms with van der Waals surface area (Å²) >= 11 is 0. The molecule has 0 amide bonds. The van der Waals surface area contributed by atoms with Crippen molar-refractivity contribution in [3.8, 4) is 0 Å². The Morgan fingerprint density at radius 2 is 1.70 bits per heavy atom. The summed E-state index contributed by atoms with van der Waals surface area (Å²) in [5.74, 6) is 0. The second-order valence-corrected chi connectivity index (χ2v) is 7.89. The maximum atomic E-state index is 12.7. The fourth-order valence-corrected chi connectivity index (χ4v) is 4.33. The second-order valence-electron chi connectivity index (χ2n) is 6.15. The first-order valence-electron chi connectivity index (χ1n) is 8.59. The number of rotatable bonds is 7. The molecule has 1 N–H and O–H groups in total. The maximum Gasteiger partial charge on any atom is 0.289 e. The van der Waals surface area contributed by atoms with Crippen molar-refractivity contribution in [2.45, 2.75) is 10.9 Å². The lowest BCUT2D eigenvalue weighted by molar-refractivity contribution is -0.387. The van der Waals surface area contributed by atoms with Crippen LogP contribution < -0.4 is 4.72 Å². The van der Waals surface area contributed by atoms with Gasteiger partial charge in [-0.05, 0) is 11.6 Å². The first-order valence-corrected chi connectivity index (χ1v) is 10.1. The smallest absolute Gasteiger partial charge is 0.289 e. The molecule has 9 heteroatoms. The SMILES string of the molecule is O=[N+]([O-])c1ccccc1S(=O)(=O)NCC(c1ccccc1)N1CCOCC1. The van der Waals surface area contributed by atoms with Crippen LogP contribution in [0.3, 0.4) is 0 Å². The van der Waals surface area contributed by atoms with E-state index in [2.05, 4.69) is 9.62 Å². The summed E-state index contributed by atoms with van der Waals surface area (Å²) < 4.78 is 33.4. The van der Waals surface area contributed by atoms with E-state index in [1.807, 2.05) is 30.3 Å². The molecule has 0 aromatic heterocycles. The molecule has 0 saturated carbocycles. The third kappa shape index (κ3) is 4.69. The minimum atomic E-state index is -4.03. The monoisotopic (exact) mass is 391 g/mol. The molecule has 8 nitrogen and oxygen atoms in total. The zero-order valence-corrected chi connectivity index (χ0v) is 15.5. The molecule has 1 aliphatic rings. The Labute approximate surface area is 158 Å². The molecule has 0 bridgehead atoms. The van der Waals surface area contributed by atoms with Crippen molar-refractivity contribution in [2.75, 3.05) is 32.8 Å². The lowest BCUT2D eigenvalue weighted by Crippen LogP contribution is -2.43. The number of benzene rings is 2. The average molecular weight is 391 g/mol. The van der Waals surface area contributed by atoms with E-state index in [0.717, 1.165) is 5.56 Å². The third-order valence-corrected chi connectivity index (χ3v) is 5.96. The Bertz CT molecular complexity index is 883. The predicted molar refractivity (Wildman–Crippen MR) is 99.9 cm³/mol. The molecule has 1 aliphatic heterocycles. The summed E-state index contributed by atoms with van der Waals surface area (Å²) in [6.07, 6.45) is 0. The van der Waals surface area contributed by atoms with E-state index in [1.165, 1.54) is 24.3 Å². The van der Waals surface area contributed by atoms with Gasteiger partial charge in [0, 0.05) is 31.7 Å². The summed E-state index contributed by atoms with van der Waals surface area (Å²) in [5.41, 5.74) is 0.539. The van der Waals surface area contributed by atoms with Gasteiger partial charge in [0.1, 0.15) is 0 Å². The molecular formula is C18H21N3O5S. The zero-order chi connectivity index (χ0) is 19.3. The number of nitro benzene ring substituents is 1. The van der Waals surface area contributed by atoms with Gasteiger partial charge in [0.15, 0.2) is 4.90 Å². The summed E-state index contributed by atoms with van der Waals surface area (Å²) in [5, 5.41) is 11.2. The number of hydrogen-bond donors (Lipinski definition) is 1. The molecule has 2 aromatic rings. The van der Waals surface area contributed by atoms with Crippen molar-refractivity contribution < 1.29 is 18.1 Å². The Kier molecular flexibility index (Phi) is 6.17. The van der Waals surface area contributed by atoms with Crippen molar-refractivity contribution in [2.24, 2.45) is 0 Å². The number of ether oxygens (including phenoxy) is 1. The van der Waals surface area contributed by atoms with Crippen molar-refractivity contribution in [3.63, 3.8) is 0 Å². The van der Waals surface area contributed by atoms with E-state index < -0.39 is 20.6 Å². The van der Waals surface area contributed by atoms with Crippen LogP contribution in [0.1, 0.15) is 11.6 Å². The van der Waals surface area contributed by atoms with Crippen molar-refractivity contribution in [1.82, 2.24) is 9.62 Å². The third-order valence-electron chi connectivity index (χ3n) is 4.49. The molecule has 1 fully saturated rings. The van der Waals surface area contributed by atoms with Crippen LogP contribution in [0.15, 0.2) is 59.5 Å². The highest BCUT2D eigenvalue weighted by Gasteiger charge is 2.28. The first-order chi connectivity index (χ1) is 13.0. The molecule has 1 atom stereocenters. The van der Waals surface area contributed by atoms with Crippen LogP contribution in [0.4, 0.5) is 5.69 Å². The van der Waals surface area contributed by atoms with Gasteiger partial charge in [-0.2, -0.15) is 0 Å². The Morgan fingerprint density at radius 3 is 2.37 bits per heavy atom. The highest BCUT2D eigenvalue weighted by molar-refractivity contribution is 7.89. The summed E-state index contributed by atoms with van der Waals surface area (Å²) in [7, 11) is -4.03. The molecule has 1 heterocycles. The highest BCUT2D eigenvalue weighted by atomic mass is 32.2. The van der Waals surface area contributed by atoms with E-state index in [1.54, 1.807) is 0 Å². The van der Waals surface area contributed by atoms with Gasteiger partial charge in [-0.25, -0.2) is 13.1 Å². The molecule has 1 saturated heterocycles. The van der Waals surface area contributed by atoms with Crippen LogP contribution in [0.25, 0.3) is 0 Å². The van der Waals surface area contributed by atoms with Crippen LogP contribution >= 0.6 is 0 Å². The van der Waals surface area contributed by atoms with Gasteiger partial charge in [0.25, 0.3) is 5.69 Å². The van der Waals surface area contributed by atoms with Gasteiger partial charge in [-0.3, -0.25) is 15.0 Å². The molecule has 1 unspecified atom stereocenters. The molecule has 2 aromatic carbocycles. The van der Waals surface area contributed by atoms with Gasteiger partial charge in [0.2, 0.25) is 10.0 Å². The number of morpholine rings is 1. The van der Waals surface area contributed by atoms with E-state index in [4.69, 9.17) is 4.74 Å². The van der Waals surface area contributed by atoms with E-state index in [0.29, 0.717) is 26.3 Å². The average Bonchev–Trinajstić information content (AvgIpc) is 2.70. The standard InChI is InChI=1S/C18H21N3O5S/c22-21(23)16-8-4-5-9-18(16)27(24,25)19-14-17(15-6-2-1-3-7-15)20-10-12-26-13-11-20/h1-9,17,19H,10-14H2. The van der Waals surface area contributed by atoms with Gasteiger partial charge in [-0.15, -0.1) is 0 Å². The summed E-state index contributed by atoms with van der Waals surface area (Å²) in [4.78, 5) is 12.3. The van der Waals surface area contributed by atoms with Crippen LogP contribution in [-0.2, 0) is 14.8 Å². The van der Waals surface area contributed by atoms with Crippen LogP contribution in [-0.4, -0.2) is 51.1 Å². The summed E-state index contributed by atoms with van der Waals surface area (Å²) in [6.45, 7) is 2.65. The predicted octanol–water partition coefficient (Wildman–Crippen LogP) is 1.95. The number of hydrogen-bond acceptors (Lipinski definition) is 6. The minimum absolute atomic E-state index is 0.110. The molecule has 0 aliphatic carbocycles. The number of nitrogens with zero attached hydrogens (tertiary/aromatic N) is 2. The number of nitrogens with one attached hydrogen (secondary N) is 1. The van der Waals surface area contributed by atoms with Gasteiger partial charge in [-0.1, -0.05) is 42.5 Å². The fraction of sp³-hybridized carbons (Fsp3) is 0.333. The molecule has 27 heavy (non-hydrogen) atoms. The Morgan fingerprint density at radius 1 is 1.07 bits per heavy atom.